The van der Waals surface area contributed by atoms with Gasteiger partial charge in [-0.25, -0.2) is 13.2 Å². The number of anilines is 1. The van der Waals surface area contributed by atoms with E-state index in [4.69, 9.17) is 5.26 Å². The highest BCUT2D eigenvalue weighted by Gasteiger charge is 2.40. The highest BCUT2D eigenvalue weighted by Crippen LogP contribution is 2.44. The quantitative estimate of drug-likeness (QED) is 0.626. The lowest BCUT2D eigenvalue weighted by molar-refractivity contribution is -0.140. The molecule has 3 rings (SSSR count). The predicted octanol–water partition coefficient (Wildman–Crippen LogP) is 5.65. The van der Waals surface area contributed by atoms with Crippen LogP contribution in [0.15, 0.2) is 24.3 Å². The van der Waals surface area contributed by atoms with Crippen molar-refractivity contribution in [3.05, 3.63) is 52.8 Å². The van der Waals surface area contributed by atoms with Crippen LogP contribution < -0.4 is 4.90 Å². The molecule has 0 aromatic heterocycles. The van der Waals surface area contributed by atoms with E-state index < -0.39 is 51.6 Å². The Labute approximate surface area is 151 Å². The average molecular weight is 384 g/mol. The van der Waals surface area contributed by atoms with Crippen molar-refractivity contribution in [1.82, 2.24) is 0 Å². The van der Waals surface area contributed by atoms with Crippen LogP contribution in [0, 0.1) is 28.8 Å². The molecule has 2 nitrogen and oxygen atoms in total. The van der Waals surface area contributed by atoms with E-state index in [1.807, 2.05) is 0 Å². The SMILES string of the molecule is N#Cc1cc(-c2c(F)cccc2F)c(N2CCCCC2)c(F)c1C(F)(F)F. The minimum absolute atomic E-state index is 0.253. The van der Waals surface area contributed by atoms with Crippen molar-refractivity contribution in [2.24, 2.45) is 0 Å². The lowest BCUT2D eigenvalue weighted by Gasteiger charge is -2.32. The van der Waals surface area contributed by atoms with Gasteiger partial charge in [-0.2, -0.15) is 18.4 Å². The molecule has 0 atom stereocenters. The highest BCUT2D eigenvalue weighted by atomic mass is 19.4. The van der Waals surface area contributed by atoms with Gasteiger partial charge in [-0.1, -0.05) is 6.07 Å². The summed E-state index contributed by atoms with van der Waals surface area (Å²) in [4.78, 5) is 1.36. The van der Waals surface area contributed by atoms with Crippen LogP contribution in [-0.2, 0) is 6.18 Å². The Morgan fingerprint density at radius 3 is 2.07 bits per heavy atom. The van der Waals surface area contributed by atoms with Gasteiger partial charge in [0, 0.05) is 18.7 Å². The van der Waals surface area contributed by atoms with E-state index in [1.54, 1.807) is 0 Å². The zero-order valence-corrected chi connectivity index (χ0v) is 14.0. The Kier molecular flexibility index (Phi) is 5.05. The maximum Gasteiger partial charge on any atom is 0.420 e. The van der Waals surface area contributed by atoms with E-state index in [1.165, 1.54) is 11.0 Å². The van der Waals surface area contributed by atoms with E-state index >= 15 is 4.39 Å². The Bertz CT molecular complexity index is 888. The molecule has 1 heterocycles. The maximum atomic E-state index is 15.1. The molecule has 2 aromatic carbocycles. The van der Waals surface area contributed by atoms with Gasteiger partial charge in [0.25, 0.3) is 0 Å². The van der Waals surface area contributed by atoms with E-state index in [-0.39, 0.29) is 13.1 Å². The van der Waals surface area contributed by atoms with Gasteiger partial charge >= 0.3 is 6.18 Å². The first-order valence-electron chi connectivity index (χ1n) is 8.28. The molecule has 0 aliphatic carbocycles. The standard InChI is InChI=1S/C19H14F6N2/c20-13-5-4-6-14(21)15(13)12-9-11(10-26)16(19(23,24)25)17(22)18(12)27-7-2-1-3-8-27/h4-6,9H,1-3,7-8H2. The molecular formula is C19H14F6N2. The van der Waals surface area contributed by atoms with Gasteiger partial charge in [-0.05, 0) is 37.5 Å². The van der Waals surface area contributed by atoms with Crippen molar-refractivity contribution in [3.8, 4) is 17.2 Å². The first kappa shape index (κ1) is 19.1. The lowest BCUT2D eigenvalue weighted by atomic mass is 9.94. The van der Waals surface area contributed by atoms with Crippen LogP contribution in [0.5, 0.6) is 0 Å². The number of benzene rings is 2. The zero-order chi connectivity index (χ0) is 19.8. The van der Waals surface area contributed by atoms with Crippen molar-refractivity contribution < 1.29 is 26.3 Å². The van der Waals surface area contributed by atoms with Crippen LogP contribution in [0.1, 0.15) is 30.4 Å². The van der Waals surface area contributed by atoms with E-state index in [0.29, 0.717) is 12.8 Å². The fourth-order valence-corrected chi connectivity index (χ4v) is 3.38. The summed E-state index contributed by atoms with van der Waals surface area (Å²) < 4.78 is 83.8. The number of rotatable bonds is 2. The fraction of sp³-hybridized carbons (Fsp3) is 0.316. The van der Waals surface area contributed by atoms with Crippen LogP contribution in [0.2, 0.25) is 0 Å². The van der Waals surface area contributed by atoms with Gasteiger partial charge in [0.05, 0.1) is 22.9 Å². The molecule has 0 amide bonds. The lowest BCUT2D eigenvalue weighted by Crippen LogP contribution is -2.31. The van der Waals surface area contributed by atoms with E-state index in [9.17, 15) is 22.0 Å². The molecule has 1 aliphatic rings. The van der Waals surface area contributed by atoms with Crippen molar-refractivity contribution in [1.29, 1.82) is 5.26 Å². The molecule has 1 fully saturated rings. The Hall–Kier alpha value is -2.69. The summed E-state index contributed by atoms with van der Waals surface area (Å²) in [5, 5.41) is 9.10. The maximum absolute atomic E-state index is 15.1. The molecule has 1 saturated heterocycles. The van der Waals surface area contributed by atoms with E-state index in [2.05, 4.69) is 0 Å². The molecule has 142 valence electrons. The monoisotopic (exact) mass is 384 g/mol. The number of halogens is 6. The van der Waals surface area contributed by atoms with Crippen LogP contribution >= 0.6 is 0 Å². The second-order valence-electron chi connectivity index (χ2n) is 6.26. The summed E-state index contributed by atoms with van der Waals surface area (Å²) in [6.45, 7) is 0.506. The number of hydrogen-bond acceptors (Lipinski definition) is 2. The summed E-state index contributed by atoms with van der Waals surface area (Å²) in [5.74, 6) is -3.77. The molecule has 0 radical (unpaired) electrons. The van der Waals surface area contributed by atoms with Gasteiger partial charge in [0.2, 0.25) is 0 Å². The predicted molar refractivity (Wildman–Crippen MR) is 87.5 cm³/mol. The summed E-state index contributed by atoms with van der Waals surface area (Å²) in [6.07, 6.45) is -3.07. The number of nitriles is 1. The summed E-state index contributed by atoms with van der Waals surface area (Å²) in [6, 6.07) is 4.98. The smallest absolute Gasteiger partial charge is 0.369 e. The number of nitrogens with zero attached hydrogens (tertiary/aromatic N) is 2. The Morgan fingerprint density at radius 1 is 0.963 bits per heavy atom. The summed E-state index contributed by atoms with van der Waals surface area (Å²) in [5.41, 5.74) is -4.30. The molecule has 0 N–H and O–H groups in total. The molecular weight excluding hydrogens is 370 g/mol. The van der Waals surface area contributed by atoms with Crippen LogP contribution in [0.3, 0.4) is 0 Å². The first-order chi connectivity index (χ1) is 12.8. The Morgan fingerprint density at radius 2 is 1.56 bits per heavy atom. The van der Waals surface area contributed by atoms with Crippen LogP contribution in [0.25, 0.3) is 11.1 Å². The fourth-order valence-electron chi connectivity index (χ4n) is 3.38. The minimum Gasteiger partial charge on any atom is -0.369 e. The zero-order valence-electron chi connectivity index (χ0n) is 14.0. The molecule has 0 unspecified atom stereocenters. The Balaban J connectivity index is 2.38. The normalized spacial score (nSPS) is 14.9. The molecule has 1 aliphatic heterocycles. The van der Waals surface area contributed by atoms with Crippen molar-refractivity contribution in [2.45, 2.75) is 25.4 Å². The summed E-state index contributed by atoms with van der Waals surface area (Å²) in [7, 11) is 0. The van der Waals surface area contributed by atoms with Crippen molar-refractivity contribution in [2.75, 3.05) is 18.0 Å². The second kappa shape index (κ2) is 7.14. The van der Waals surface area contributed by atoms with Crippen LogP contribution in [-0.4, -0.2) is 13.1 Å². The molecule has 0 saturated carbocycles. The molecule has 0 spiro atoms. The topological polar surface area (TPSA) is 27.0 Å². The number of alkyl halides is 3. The van der Waals surface area contributed by atoms with Crippen molar-refractivity contribution in [3.63, 3.8) is 0 Å². The number of piperidine rings is 1. The van der Waals surface area contributed by atoms with Gasteiger partial charge in [-0.15, -0.1) is 0 Å². The van der Waals surface area contributed by atoms with Gasteiger partial charge in [0.15, 0.2) is 5.82 Å². The average Bonchev–Trinajstić information content (AvgIpc) is 2.60. The third kappa shape index (κ3) is 3.46. The molecule has 0 bridgehead atoms. The number of hydrogen-bond donors (Lipinski definition) is 0. The second-order valence-corrected chi connectivity index (χ2v) is 6.26. The van der Waals surface area contributed by atoms with Crippen molar-refractivity contribution >= 4 is 5.69 Å². The van der Waals surface area contributed by atoms with Crippen LogP contribution in [0.4, 0.5) is 32.0 Å². The first-order valence-corrected chi connectivity index (χ1v) is 8.28. The molecule has 8 heteroatoms. The van der Waals surface area contributed by atoms with Gasteiger partial charge in [0.1, 0.15) is 17.2 Å². The van der Waals surface area contributed by atoms with Gasteiger partial charge < -0.3 is 4.90 Å². The third-order valence-corrected chi connectivity index (χ3v) is 4.55. The molecule has 2 aromatic rings. The minimum atomic E-state index is -5.12. The summed E-state index contributed by atoms with van der Waals surface area (Å²) >= 11 is 0. The van der Waals surface area contributed by atoms with E-state index in [0.717, 1.165) is 30.7 Å². The molecule has 27 heavy (non-hydrogen) atoms. The highest BCUT2D eigenvalue weighted by molar-refractivity contribution is 5.82. The van der Waals surface area contributed by atoms with Gasteiger partial charge in [-0.3, -0.25) is 0 Å². The third-order valence-electron chi connectivity index (χ3n) is 4.55. The largest absolute Gasteiger partial charge is 0.420 e.